The second-order valence-electron chi connectivity index (χ2n) is 4.48. The molecule has 1 N–H and O–H groups in total. The van der Waals surface area contributed by atoms with Crippen molar-refractivity contribution in [1.82, 2.24) is 0 Å². The molecule has 4 heteroatoms. The van der Waals surface area contributed by atoms with Gasteiger partial charge in [0.1, 0.15) is 23.4 Å². The van der Waals surface area contributed by atoms with Crippen molar-refractivity contribution in [1.29, 1.82) is 0 Å². The van der Waals surface area contributed by atoms with E-state index in [1.165, 1.54) is 14.2 Å². The standard InChI is InChI=1S/C18H18O4/c1-20-14-11-16(21-2)18(17(12-14)22-3)15(19)10-9-13-7-5-4-6-8-13/h4-8,11-12,15,19H,1-3H3/t15-/m0/s1. The van der Waals surface area contributed by atoms with Gasteiger partial charge < -0.3 is 19.3 Å². The Balaban J connectivity index is 2.40. The second kappa shape index (κ2) is 7.39. The zero-order chi connectivity index (χ0) is 15.9. The summed E-state index contributed by atoms with van der Waals surface area (Å²) in [4.78, 5) is 0. The van der Waals surface area contributed by atoms with E-state index in [0.29, 0.717) is 22.8 Å². The number of rotatable bonds is 4. The van der Waals surface area contributed by atoms with Gasteiger partial charge in [0, 0.05) is 17.7 Å². The number of hydrogen-bond acceptors (Lipinski definition) is 4. The molecule has 0 spiro atoms. The SMILES string of the molecule is COc1cc(OC)c([C@@H](O)C#Cc2ccccc2)c(OC)c1. The number of benzene rings is 2. The summed E-state index contributed by atoms with van der Waals surface area (Å²) in [5.74, 6) is 7.25. The summed E-state index contributed by atoms with van der Waals surface area (Å²) in [6, 6.07) is 12.8. The molecule has 0 unspecified atom stereocenters. The van der Waals surface area contributed by atoms with Crippen LogP contribution in [-0.2, 0) is 0 Å². The molecule has 0 aliphatic rings. The third-order valence-corrected chi connectivity index (χ3v) is 3.15. The predicted molar refractivity (Wildman–Crippen MR) is 84.4 cm³/mol. The van der Waals surface area contributed by atoms with Gasteiger partial charge in [0.25, 0.3) is 0 Å². The van der Waals surface area contributed by atoms with Gasteiger partial charge in [0.05, 0.1) is 26.9 Å². The van der Waals surface area contributed by atoms with Gasteiger partial charge in [-0.15, -0.1) is 0 Å². The third kappa shape index (κ3) is 3.51. The molecule has 0 aliphatic carbocycles. The van der Waals surface area contributed by atoms with E-state index in [4.69, 9.17) is 14.2 Å². The van der Waals surface area contributed by atoms with Gasteiger partial charge in [0.2, 0.25) is 0 Å². The van der Waals surface area contributed by atoms with Crippen LogP contribution in [0.1, 0.15) is 17.2 Å². The number of aliphatic hydroxyl groups excluding tert-OH is 1. The topological polar surface area (TPSA) is 47.9 Å². The normalized spacial score (nSPS) is 11.1. The Morgan fingerprint density at radius 3 is 2.00 bits per heavy atom. The van der Waals surface area contributed by atoms with Crippen molar-refractivity contribution in [3.8, 4) is 29.1 Å². The number of hydrogen-bond donors (Lipinski definition) is 1. The lowest BCUT2D eigenvalue weighted by molar-refractivity contribution is 0.225. The van der Waals surface area contributed by atoms with E-state index in [1.54, 1.807) is 19.2 Å². The Hall–Kier alpha value is -2.64. The first-order chi connectivity index (χ1) is 10.7. The van der Waals surface area contributed by atoms with Crippen LogP contribution in [0.4, 0.5) is 0 Å². The Bertz CT molecular complexity index is 658. The fraction of sp³-hybridized carbons (Fsp3) is 0.222. The summed E-state index contributed by atoms with van der Waals surface area (Å²) in [7, 11) is 4.60. The highest BCUT2D eigenvalue weighted by Crippen LogP contribution is 2.38. The smallest absolute Gasteiger partial charge is 0.147 e. The molecule has 0 heterocycles. The predicted octanol–water partition coefficient (Wildman–Crippen LogP) is 2.80. The molecule has 4 nitrogen and oxygen atoms in total. The van der Waals surface area contributed by atoms with E-state index in [0.717, 1.165) is 5.56 Å². The molecule has 2 aromatic carbocycles. The molecule has 2 rings (SSSR count). The van der Waals surface area contributed by atoms with Crippen LogP contribution in [0, 0.1) is 11.8 Å². The van der Waals surface area contributed by atoms with Crippen LogP contribution in [0.15, 0.2) is 42.5 Å². The van der Waals surface area contributed by atoms with Crippen LogP contribution in [0.25, 0.3) is 0 Å². The van der Waals surface area contributed by atoms with E-state index in [-0.39, 0.29) is 0 Å². The van der Waals surface area contributed by atoms with Crippen molar-refractivity contribution >= 4 is 0 Å². The third-order valence-electron chi connectivity index (χ3n) is 3.15. The van der Waals surface area contributed by atoms with Crippen molar-refractivity contribution in [2.75, 3.05) is 21.3 Å². The second-order valence-corrected chi connectivity index (χ2v) is 4.48. The van der Waals surface area contributed by atoms with Crippen molar-refractivity contribution in [3.05, 3.63) is 53.6 Å². The first-order valence-corrected chi connectivity index (χ1v) is 6.74. The van der Waals surface area contributed by atoms with Gasteiger partial charge in [-0.05, 0) is 12.1 Å². The first-order valence-electron chi connectivity index (χ1n) is 6.74. The van der Waals surface area contributed by atoms with Crippen molar-refractivity contribution in [3.63, 3.8) is 0 Å². The lowest BCUT2D eigenvalue weighted by Gasteiger charge is -2.16. The molecular weight excluding hydrogens is 280 g/mol. The molecule has 1 atom stereocenters. The van der Waals surface area contributed by atoms with Gasteiger partial charge in [-0.2, -0.15) is 0 Å². The van der Waals surface area contributed by atoms with E-state index >= 15 is 0 Å². The Morgan fingerprint density at radius 1 is 0.909 bits per heavy atom. The Labute approximate surface area is 130 Å². The zero-order valence-corrected chi connectivity index (χ0v) is 12.8. The summed E-state index contributed by atoms with van der Waals surface area (Å²) in [5, 5.41) is 10.4. The molecule has 0 bridgehead atoms. The van der Waals surface area contributed by atoms with Gasteiger partial charge >= 0.3 is 0 Å². The van der Waals surface area contributed by atoms with Gasteiger partial charge in [0.15, 0.2) is 0 Å². The number of methoxy groups -OCH3 is 3. The van der Waals surface area contributed by atoms with E-state index in [2.05, 4.69) is 11.8 Å². The quantitative estimate of drug-likeness (QED) is 0.882. The van der Waals surface area contributed by atoms with Gasteiger partial charge in [-0.3, -0.25) is 0 Å². The largest absolute Gasteiger partial charge is 0.496 e. The molecule has 0 saturated carbocycles. The monoisotopic (exact) mass is 298 g/mol. The van der Waals surface area contributed by atoms with E-state index in [1.807, 2.05) is 30.3 Å². The minimum Gasteiger partial charge on any atom is -0.496 e. The van der Waals surface area contributed by atoms with Crippen LogP contribution >= 0.6 is 0 Å². The summed E-state index contributed by atoms with van der Waals surface area (Å²) in [5.41, 5.74) is 1.31. The number of ether oxygens (including phenoxy) is 3. The average Bonchev–Trinajstić information content (AvgIpc) is 2.59. The lowest BCUT2D eigenvalue weighted by atomic mass is 10.1. The van der Waals surface area contributed by atoms with Crippen LogP contribution in [0.3, 0.4) is 0 Å². The zero-order valence-electron chi connectivity index (χ0n) is 12.8. The molecule has 0 radical (unpaired) electrons. The van der Waals surface area contributed by atoms with Crippen LogP contribution < -0.4 is 14.2 Å². The van der Waals surface area contributed by atoms with Gasteiger partial charge in [-0.25, -0.2) is 0 Å². The fourth-order valence-corrected chi connectivity index (χ4v) is 2.05. The molecule has 0 amide bonds. The van der Waals surface area contributed by atoms with Gasteiger partial charge in [-0.1, -0.05) is 30.0 Å². The summed E-state index contributed by atoms with van der Waals surface area (Å²) < 4.78 is 15.8. The van der Waals surface area contributed by atoms with Crippen LogP contribution in [0.2, 0.25) is 0 Å². The van der Waals surface area contributed by atoms with Crippen molar-refractivity contribution < 1.29 is 19.3 Å². The molecular formula is C18H18O4. The summed E-state index contributed by atoms with van der Waals surface area (Å²) >= 11 is 0. The maximum absolute atomic E-state index is 10.4. The van der Waals surface area contributed by atoms with Crippen molar-refractivity contribution in [2.24, 2.45) is 0 Å². The fourth-order valence-electron chi connectivity index (χ4n) is 2.05. The maximum Gasteiger partial charge on any atom is 0.147 e. The van der Waals surface area contributed by atoms with Crippen LogP contribution in [-0.4, -0.2) is 26.4 Å². The molecule has 0 fully saturated rings. The molecule has 0 saturated heterocycles. The minimum absolute atomic E-state index is 0.464. The molecule has 22 heavy (non-hydrogen) atoms. The maximum atomic E-state index is 10.4. The molecule has 0 aliphatic heterocycles. The Morgan fingerprint density at radius 2 is 1.50 bits per heavy atom. The van der Waals surface area contributed by atoms with E-state index < -0.39 is 6.10 Å². The first kappa shape index (κ1) is 15.7. The highest BCUT2D eigenvalue weighted by molar-refractivity contribution is 5.54. The minimum atomic E-state index is -1.03. The Kier molecular flexibility index (Phi) is 5.29. The average molecular weight is 298 g/mol. The molecule has 114 valence electrons. The number of aliphatic hydroxyl groups is 1. The highest BCUT2D eigenvalue weighted by atomic mass is 16.5. The summed E-state index contributed by atoms with van der Waals surface area (Å²) in [6.07, 6.45) is -1.03. The molecule has 2 aromatic rings. The van der Waals surface area contributed by atoms with Crippen molar-refractivity contribution in [2.45, 2.75) is 6.10 Å². The summed E-state index contributed by atoms with van der Waals surface area (Å²) in [6.45, 7) is 0. The van der Waals surface area contributed by atoms with E-state index in [9.17, 15) is 5.11 Å². The van der Waals surface area contributed by atoms with Crippen LogP contribution in [0.5, 0.6) is 17.2 Å². The lowest BCUT2D eigenvalue weighted by Crippen LogP contribution is -2.03. The highest BCUT2D eigenvalue weighted by Gasteiger charge is 2.19. The molecule has 0 aromatic heterocycles.